The topological polar surface area (TPSA) is 79.2 Å². The number of allylic oxidation sites excluding steroid dienone is 10. The molecule has 0 bridgehead atoms. The summed E-state index contributed by atoms with van der Waals surface area (Å²) >= 11 is 2.14. The van der Waals surface area contributed by atoms with Crippen LogP contribution in [0.15, 0.2) is 130 Å². The maximum absolute atomic E-state index is 11.8. The van der Waals surface area contributed by atoms with Crippen LogP contribution in [0.25, 0.3) is 0 Å². The van der Waals surface area contributed by atoms with E-state index in [2.05, 4.69) is 36.4 Å². The summed E-state index contributed by atoms with van der Waals surface area (Å²) in [5.74, 6) is 1.58. The van der Waals surface area contributed by atoms with Crippen molar-refractivity contribution in [2.75, 3.05) is 7.11 Å². The van der Waals surface area contributed by atoms with E-state index in [1.54, 1.807) is 7.11 Å². The van der Waals surface area contributed by atoms with Gasteiger partial charge in [-0.15, -0.1) is 0 Å². The van der Waals surface area contributed by atoms with Gasteiger partial charge in [0.15, 0.2) is 11.5 Å². The number of phenolic OH excluding ortho intramolecular Hbond substituents is 1. The summed E-state index contributed by atoms with van der Waals surface area (Å²) < 4.78 is 13.0. The molecule has 7 aliphatic rings. The minimum absolute atomic E-state index is 0.0968. The number of halogens is 1. The van der Waals surface area contributed by atoms with E-state index in [1.165, 1.54) is 0 Å². The number of phenols is 1. The zero-order valence-electron chi connectivity index (χ0n) is 22.2. The number of ether oxygens (including phenoxy) is 2. The molecule has 6 aliphatic carbocycles. The van der Waals surface area contributed by atoms with Crippen molar-refractivity contribution >= 4 is 22.6 Å². The highest BCUT2D eigenvalue weighted by Gasteiger charge is 2.59. The maximum Gasteiger partial charge on any atom is 0.171 e. The Morgan fingerprint density at radius 1 is 0.775 bits per heavy atom. The van der Waals surface area contributed by atoms with Crippen molar-refractivity contribution in [1.82, 2.24) is 0 Å². The van der Waals surface area contributed by atoms with Crippen molar-refractivity contribution in [3.05, 3.63) is 139 Å². The first-order chi connectivity index (χ1) is 19.1. The minimum Gasteiger partial charge on any atom is -0.504 e. The SMILES string of the molecule is COc1cc(C2C3=C4C=CC5(O)C=CC(=CC=C3OC3=CC=C6C=CC7(O)C=CC(=C32)C67C)C45C)cc(I)c1O. The molecule has 1 aromatic rings. The third kappa shape index (κ3) is 2.61. The van der Waals surface area contributed by atoms with E-state index in [4.69, 9.17) is 9.47 Å². The number of methoxy groups -OCH3 is 1. The van der Waals surface area contributed by atoms with Crippen molar-refractivity contribution in [2.24, 2.45) is 10.8 Å². The van der Waals surface area contributed by atoms with Crippen molar-refractivity contribution in [1.29, 1.82) is 0 Å². The fourth-order valence-electron chi connectivity index (χ4n) is 7.73. The van der Waals surface area contributed by atoms with Crippen LogP contribution in [0, 0.1) is 14.4 Å². The smallest absolute Gasteiger partial charge is 0.171 e. The summed E-state index contributed by atoms with van der Waals surface area (Å²) in [5, 5.41) is 34.3. The van der Waals surface area contributed by atoms with Gasteiger partial charge in [0.25, 0.3) is 0 Å². The molecule has 3 N–H and O–H groups in total. The van der Waals surface area contributed by atoms with Crippen molar-refractivity contribution < 1.29 is 24.8 Å². The molecule has 1 fully saturated rings. The Balaban J connectivity index is 1.50. The third-order valence-corrected chi connectivity index (χ3v) is 11.0. The summed E-state index contributed by atoms with van der Waals surface area (Å²) in [6.07, 6.45) is 23.6. The van der Waals surface area contributed by atoms with Crippen molar-refractivity contribution in [3.8, 4) is 11.5 Å². The highest BCUT2D eigenvalue weighted by atomic mass is 127. The average molecular weight is 642 g/mol. The highest BCUT2D eigenvalue weighted by molar-refractivity contribution is 14.1. The van der Waals surface area contributed by atoms with Crippen molar-refractivity contribution in [2.45, 2.75) is 31.0 Å². The number of rotatable bonds is 2. The van der Waals surface area contributed by atoms with Gasteiger partial charge in [0.05, 0.1) is 21.5 Å². The lowest BCUT2D eigenvalue weighted by atomic mass is 9.65. The minimum atomic E-state index is -1.14. The van der Waals surface area contributed by atoms with Gasteiger partial charge < -0.3 is 24.8 Å². The third-order valence-electron chi connectivity index (χ3n) is 10.2. The molecular weight excluding hydrogens is 615 g/mol. The van der Waals surface area contributed by atoms with E-state index in [9.17, 15) is 15.3 Å². The Kier molecular flexibility index (Phi) is 4.58. The van der Waals surface area contributed by atoms with E-state index in [0.29, 0.717) is 20.8 Å². The summed E-state index contributed by atoms with van der Waals surface area (Å²) in [6.45, 7) is 4.17. The Labute approximate surface area is 246 Å². The standard InChI is InChI=1S/C34H27IO5/c1-31-19-4-6-24-28(21(31)10-14-33(31,37)12-8-19)27(18-16-23(35)30(36)26(17-18)39-3)29-22-11-15-34(38)13-9-20(32(22,34)2)5-7-25(29)40-24/h4-17,27,36-38H,1-3H3. The zero-order chi connectivity index (χ0) is 27.8. The number of hydrogen-bond donors (Lipinski definition) is 3. The summed E-state index contributed by atoms with van der Waals surface area (Å²) in [4.78, 5) is 0. The van der Waals surface area contributed by atoms with Gasteiger partial charge in [0, 0.05) is 17.1 Å². The van der Waals surface area contributed by atoms with Crippen LogP contribution in [-0.2, 0) is 4.74 Å². The van der Waals surface area contributed by atoms with E-state index < -0.39 is 22.0 Å². The van der Waals surface area contributed by atoms with Gasteiger partial charge in [0.1, 0.15) is 22.7 Å². The van der Waals surface area contributed by atoms with Crippen LogP contribution < -0.4 is 4.74 Å². The molecule has 0 saturated carbocycles. The molecule has 5 nitrogen and oxygen atoms in total. The van der Waals surface area contributed by atoms with Gasteiger partial charge in [-0.05, 0) is 113 Å². The fraction of sp³-hybridized carbons (Fsp3) is 0.235. The van der Waals surface area contributed by atoms with E-state index in [-0.39, 0.29) is 11.7 Å². The van der Waals surface area contributed by atoms with E-state index >= 15 is 0 Å². The number of benzene rings is 1. The van der Waals surface area contributed by atoms with E-state index in [1.807, 2.05) is 85.0 Å². The molecule has 200 valence electrons. The Bertz CT molecular complexity index is 1690. The fourth-order valence-corrected chi connectivity index (χ4v) is 8.35. The number of fused-ring (bicyclic) bond motifs is 2. The predicted molar refractivity (Wildman–Crippen MR) is 160 cm³/mol. The number of hydrogen-bond acceptors (Lipinski definition) is 5. The van der Waals surface area contributed by atoms with Gasteiger partial charge in [-0.2, -0.15) is 0 Å². The normalized spacial score (nSPS) is 37.2. The van der Waals surface area contributed by atoms with Gasteiger partial charge in [0.2, 0.25) is 0 Å². The molecule has 1 saturated heterocycles. The monoisotopic (exact) mass is 642 g/mol. The molecule has 4 atom stereocenters. The molecule has 1 aromatic carbocycles. The van der Waals surface area contributed by atoms with Gasteiger partial charge in [-0.25, -0.2) is 0 Å². The Morgan fingerprint density at radius 2 is 1.27 bits per heavy atom. The van der Waals surface area contributed by atoms with Crippen LogP contribution in [-0.4, -0.2) is 33.6 Å². The lowest BCUT2D eigenvalue weighted by molar-refractivity contribution is 0.0721. The number of aromatic hydroxyl groups is 1. The van der Waals surface area contributed by atoms with Crippen LogP contribution >= 0.6 is 22.6 Å². The molecule has 1 aliphatic heterocycles. The molecule has 0 amide bonds. The first kappa shape index (κ1) is 24.5. The van der Waals surface area contributed by atoms with Crippen LogP contribution in [0.1, 0.15) is 25.3 Å². The molecule has 0 spiro atoms. The highest BCUT2D eigenvalue weighted by Crippen LogP contribution is 2.65. The lowest BCUT2D eigenvalue weighted by Gasteiger charge is -2.41. The second-order valence-corrected chi connectivity index (χ2v) is 12.9. The summed E-state index contributed by atoms with van der Waals surface area (Å²) in [7, 11) is 1.55. The molecule has 0 aromatic heterocycles. The first-order valence-corrected chi connectivity index (χ1v) is 14.4. The second kappa shape index (κ2) is 7.49. The molecular formula is C34H27IO5. The van der Waals surface area contributed by atoms with Gasteiger partial charge in [-0.3, -0.25) is 0 Å². The van der Waals surface area contributed by atoms with Gasteiger partial charge >= 0.3 is 0 Å². The van der Waals surface area contributed by atoms with Crippen LogP contribution in [0.2, 0.25) is 0 Å². The second-order valence-electron chi connectivity index (χ2n) is 11.8. The lowest BCUT2D eigenvalue weighted by Crippen LogP contribution is -2.40. The van der Waals surface area contributed by atoms with Crippen LogP contribution in [0.3, 0.4) is 0 Å². The molecule has 1 heterocycles. The molecule has 4 unspecified atom stereocenters. The van der Waals surface area contributed by atoms with E-state index in [0.717, 1.165) is 39.0 Å². The molecule has 8 rings (SSSR count). The van der Waals surface area contributed by atoms with Crippen LogP contribution in [0.5, 0.6) is 11.5 Å². The Hall–Kier alpha value is -3.33. The predicted octanol–water partition coefficient (Wildman–Crippen LogP) is 6.11. The van der Waals surface area contributed by atoms with Gasteiger partial charge in [-0.1, -0.05) is 36.5 Å². The number of aliphatic hydroxyl groups is 2. The maximum atomic E-state index is 11.8. The first-order valence-electron chi connectivity index (χ1n) is 13.4. The summed E-state index contributed by atoms with van der Waals surface area (Å²) in [5.41, 5.74) is 3.16. The Morgan fingerprint density at radius 3 is 1.77 bits per heavy atom. The average Bonchev–Trinajstić information content (AvgIpc) is 3.45. The largest absolute Gasteiger partial charge is 0.504 e. The van der Waals surface area contributed by atoms with Crippen LogP contribution in [0.4, 0.5) is 0 Å². The quantitative estimate of drug-likeness (QED) is 0.340. The zero-order valence-corrected chi connectivity index (χ0v) is 24.4. The molecule has 6 heteroatoms. The molecule has 0 radical (unpaired) electrons. The molecule has 40 heavy (non-hydrogen) atoms. The van der Waals surface area contributed by atoms with Crippen molar-refractivity contribution in [3.63, 3.8) is 0 Å². The summed E-state index contributed by atoms with van der Waals surface area (Å²) in [6, 6.07) is 3.88.